The second-order valence-corrected chi connectivity index (χ2v) is 8.15. The molecular formula is C17H26F6O2. The average Bonchev–Trinajstić information content (AvgIpc) is 3.01. The maximum absolute atomic E-state index is 12.9. The molecule has 148 valence electrons. The largest absolute Gasteiger partial charge is 0.426 e. The quantitative estimate of drug-likeness (QED) is 0.665. The van der Waals surface area contributed by atoms with E-state index in [0.717, 1.165) is 0 Å². The van der Waals surface area contributed by atoms with Crippen LogP contribution in [-0.2, 0) is 4.74 Å². The van der Waals surface area contributed by atoms with Crippen LogP contribution in [0, 0.1) is 29.6 Å². The Bertz CT molecular complexity index is 445. The van der Waals surface area contributed by atoms with Crippen molar-refractivity contribution in [1.29, 1.82) is 0 Å². The van der Waals surface area contributed by atoms with E-state index in [9.17, 15) is 31.4 Å². The van der Waals surface area contributed by atoms with Crippen LogP contribution in [0.3, 0.4) is 0 Å². The highest BCUT2D eigenvalue weighted by Crippen LogP contribution is 2.56. The van der Waals surface area contributed by atoms with Gasteiger partial charge in [0.15, 0.2) is 0 Å². The van der Waals surface area contributed by atoms with Crippen molar-refractivity contribution in [2.45, 2.75) is 70.5 Å². The monoisotopic (exact) mass is 376 g/mol. The first-order chi connectivity index (χ1) is 11.3. The number of alkyl halides is 6. The van der Waals surface area contributed by atoms with E-state index in [2.05, 4.69) is 0 Å². The summed E-state index contributed by atoms with van der Waals surface area (Å²) < 4.78 is 83.4. The standard InChI is InChI=1S/C17H26F6O2/c1-9(2)10(3)8-25-14-6-11-4-12(13(14)5-11)7-15(24,16(18,19)20)17(21,22)23/h9-14,24H,4-8H2,1-3H3/t10-,11?,12?,13?,14?/m1/s1. The molecule has 2 nitrogen and oxygen atoms in total. The minimum Gasteiger partial charge on any atom is -0.378 e. The molecule has 2 fully saturated rings. The third-order valence-electron chi connectivity index (χ3n) is 6.10. The number of fused-ring (bicyclic) bond motifs is 2. The molecule has 0 saturated heterocycles. The van der Waals surface area contributed by atoms with E-state index in [1.807, 2.05) is 20.8 Å². The molecular weight excluding hydrogens is 350 g/mol. The molecule has 0 aromatic rings. The lowest BCUT2D eigenvalue weighted by atomic mass is 9.78. The normalized spacial score (nSPS) is 31.8. The number of rotatable bonds is 6. The summed E-state index contributed by atoms with van der Waals surface area (Å²) in [4.78, 5) is 0. The van der Waals surface area contributed by atoms with Crippen LogP contribution in [0.2, 0.25) is 0 Å². The van der Waals surface area contributed by atoms with Crippen LogP contribution in [0.1, 0.15) is 46.5 Å². The molecule has 8 heteroatoms. The lowest BCUT2D eigenvalue weighted by Crippen LogP contribution is -2.58. The predicted molar refractivity (Wildman–Crippen MR) is 79.7 cm³/mol. The zero-order valence-electron chi connectivity index (χ0n) is 14.6. The van der Waals surface area contributed by atoms with E-state index in [0.29, 0.717) is 31.8 Å². The van der Waals surface area contributed by atoms with Crippen LogP contribution in [0.5, 0.6) is 0 Å². The van der Waals surface area contributed by atoms with Gasteiger partial charge in [0.05, 0.1) is 6.10 Å². The van der Waals surface area contributed by atoms with Gasteiger partial charge in [-0.2, -0.15) is 26.3 Å². The van der Waals surface area contributed by atoms with Gasteiger partial charge in [0.2, 0.25) is 0 Å². The second kappa shape index (κ2) is 6.91. The summed E-state index contributed by atoms with van der Waals surface area (Å²) in [6.45, 7) is 6.51. The lowest BCUT2D eigenvalue weighted by Gasteiger charge is -2.38. The third-order valence-corrected chi connectivity index (χ3v) is 6.10. The first-order valence-electron chi connectivity index (χ1n) is 8.73. The molecule has 2 aliphatic carbocycles. The Kier molecular flexibility index (Phi) is 5.75. The fraction of sp³-hybridized carbons (Fsp3) is 1.00. The molecule has 5 atom stereocenters. The van der Waals surface area contributed by atoms with Gasteiger partial charge in [-0.25, -0.2) is 0 Å². The molecule has 0 heterocycles. The van der Waals surface area contributed by atoms with Gasteiger partial charge in [-0.15, -0.1) is 0 Å². The first-order valence-corrected chi connectivity index (χ1v) is 8.73. The van der Waals surface area contributed by atoms with Crippen molar-refractivity contribution in [2.75, 3.05) is 6.61 Å². The maximum Gasteiger partial charge on any atom is 0.426 e. The summed E-state index contributed by atoms with van der Waals surface area (Å²) in [5, 5.41) is 9.46. The van der Waals surface area contributed by atoms with Crippen molar-refractivity contribution < 1.29 is 36.2 Å². The van der Waals surface area contributed by atoms with E-state index in [1.54, 1.807) is 0 Å². The molecule has 2 bridgehead atoms. The third kappa shape index (κ3) is 4.10. The molecule has 2 rings (SSSR count). The highest BCUT2D eigenvalue weighted by molar-refractivity contribution is 5.03. The summed E-state index contributed by atoms with van der Waals surface area (Å²) in [5.41, 5.74) is -4.65. The number of ether oxygens (including phenoxy) is 1. The Labute approximate surface area is 143 Å². The van der Waals surface area contributed by atoms with Gasteiger partial charge in [-0.1, -0.05) is 20.8 Å². The van der Waals surface area contributed by atoms with Gasteiger partial charge < -0.3 is 9.84 Å². The second-order valence-electron chi connectivity index (χ2n) is 8.15. The number of hydrogen-bond donors (Lipinski definition) is 1. The number of aliphatic hydroxyl groups is 1. The molecule has 4 unspecified atom stereocenters. The fourth-order valence-corrected chi connectivity index (χ4v) is 4.09. The predicted octanol–water partition coefficient (Wildman–Crippen LogP) is 4.96. The molecule has 0 amide bonds. The molecule has 2 saturated carbocycles. The van der Waals surface area contributed by atoms with Crippen LogP contribution >= 0.6 is 0 Å². The first kappa shape index (κ1) is 20.8. The van der Waals surface area contributed by atoms with Gasteiger partial charge in [-0.05, 0) is 55.3 Å². The highest BCUT2D eigenvalue weighted by Gasteiger charge is 2.71. The van der Waals surface area contributed by atoms with E-state index >= 15 is 0 Å². The SMILES string of the molecule is CC(C)[C@H](C)COC1CC2CC(CC(O)(C(F)(F)F)C(F)(F)F)C1C2. The minimum atomic E-state index is -5.74. The Morgan fingerprint density at radius 1 is 0.960 bits per heavy atom. The zero-order valence-corrected chi connectivity index (χ0v) is 14.6. The summed E-state index contributed by atoms with van der Waals surface area (Å²) in [6, 6.07) is 0. The van der Waals surface area contributed by atoms with Crippen LogP contribution in [-0.4, -0.2) is 35.8 Å². The molecule has 1 N–H and O–H groups in total. The minimum absolute atomic E-state index is 0.0834. The Morgan fingerprint density at radius 2 is 1.52 bits per heavy atom. The maximum atomic E-state index is 12.9. The van der Waals surface area contributed by atoms with Crippen molar-refractivity contribution >= 4 is 0 Å². The molecule has 2 aliphatic rings. The number of hydrogen-bond acceptors (Lipinski definition) is 2. The average molecular weight is 376 g/mol. The molecule has 0 aliphatic heterocycles. The topological polar surface area (TPSA) is 29.5 Å². The van der Waals surface area contributed by atoms with E-state index in [4.69, 9.17) is 4.74 Å². The van der Waals surface area contributed by atoms with Crippen molar-refractivity contribution in [1.82, 2.24) is 0 Å². The molecule has 0 spiro atoms. The summed E-state index contributed by atoms with van der Waals surface area (Å²) in [6.07, 6.45) is -11.6. The highest BCUT2D eigenvalue weighted by atomic mass is 19.4. The fourth-order valence-electron chi connectivity index (χ4n) is 4.09. The van der Waals surface area contributed by atoms with Crippen molar-refractivity contribution in [3.63, 3.8) is 0 Å². The lowest BCUT2D eigenvalue weighted by molar-refractivity contribution is -0.373. The van der Waals surface area contributed by atoms with Gasteiger partial charge in [0.25, 0.3) is 5.60 Å². The van der Waals surface area contributed by atoms with E-state index in [1.165, 1.54) is 0 Å². The summed E-state index contributed by atoms with van der Waals surface area (Å²) in [5.74, 6) is -0.443. The molecule has 25 heavy (non-hydrogen) atoms. The van der Waals surface area contributed by atoms with E-state index in [-0.39, 0.29) is 23.9 Å². The van der Waals surface area contributed by atoms with E-state index < -0.39 is 30.3 Å². The summed E-state index contributed by atoms with van der Waals surface area (Å²) in [7, 11) is 0. The molecule has 0 radical (unpaired) electrons. The van der Waals surface area contributed by atoms with Crippen molar-refractivity contribution in [2.24, 2.45) is 29.6 Å². The molecule has 0 aromatic carbocycles. The van der Waals surface area contributed by atoms with Gasteiger partial charge in [-0.3, -0.25) is 0 Å². The Balaban J connectivity index is 2.06. The summed E-state index contributed by atoms with van der Waals surface area (Å²) >= 11 is 0. The van der Waals surface area contributed by atoms with Gasteiger partial charge in [0.1, 0.15) is 0 Å². The van der Waals surface area contributed by atoms with Gasteiger partial charge >= 0.3 is 12.4 Å². The van der Waals surface area contributed by atoms with Crippen LogP contribution < -0.4 is 0 Å². The van der Waals surface area contributed by atoms with Crippen LogP contribution in [0.15, 0.2) is 0 Å². The number of halogens is 6. The zero-order chi connectivity index (χ0) is 19.2. The Morgan fingerprint density at radius 3 is 1.96 bits per heavy atom. The van der Waals surface area contributed by atoms with Crippen molar-refractivity contribution in [3.05, 3.63) is 0 Å². The molecule has 0 aromatic heterocycles. The van der Waals surface area contributed by atoms with Gasteiger partial charge in [0, 0.05) is 6.61 Å². The van der Waals surface area contributed by atoms with Crippen molar-refractivity contribution in [3.8, 4) is 0 Å². The Hall–Kier alpha value is -0.500. The van der Waals surface area contributed by atoms with Crippen LogP contribution in [0.25, 0.3) is 0 Å². The smallest absolute Gasteiger partial charge is 0.378 e. The van der Waals surface area contributed by atoms with Crippen LogP contribution in [0.4, 0.5) is 26.3 Å².